The number of rotatable bonds is 5. The van der Waals surface area contributed by atoms with Crippen LogP contribution in [0.25, 0.3) is 21.8 Å². The van der Waals surface area contributed by atoms with Crippen molar-refractivity contribution in [3.63, 3.8) is 0 Å². The lowest BCUT2D eigenvalue weighted by molar-refractivity contribution is 0.0955. The van der Waals surface area contributed by atoms with Gasteiger partial charge in [0.1, 0.15) is 5.75 Å². The monoisotopic (exact) mass is 472 g/mol. The second kappa shape index (κ2) is 8.84. The van der Waals surface area contributed by atoms with E-state index in [2.05, 4.69) is 31.2 Å². The normalized spacial score (nSPS) is 11.5. The molecule has 0 bridgehead atoms. The van der Waals surface area contributed by atoms with Crippen LogP contribution in [0.3, 0.4) is 0 Å². The van der Waals surface area contributed by atoms with Gasteiger partial charge >= 0.3 is 0 Å². The summed E-state index contributed by atoms with van der Waals surface area (Å²) in [6.07, 6.45) is 0. The summed E-state index contributed by atoms with van der Waals surface area (Å²) >= 11 is 13.4. The van der Waals surface area contributed by atoms with Crippen LogP contribution in [-0.2, 0) is 0 Å². The molecular weight excluding hydrogens is 459 g/mol. The zero-order valence-corrected chi connectivity index (χ0v) is 18.3. The molecular formula is C20H14Cl2N6O2S. The van der Waals surface area contributed by atoms with Crippen molar-refractivity contribution in [1.82, 2.24) is 26.0 Å². The minimum atomic E-state index is -0.390. The van der Waals surface area contributed by atoms with Gasteiger partial charge in [-0.05, 0) is 42.0 Å². The standard InChI is InChI=1S/C20H14Cl2N6O2S/c1-10(14-9-31-18(17(14)29)13-6-7-15(21)16(22)8-13)23-26-20(30)12-4-2-11(3-5-12)19-24-27-28-25-19/h2-9,29H,1H3,(H,26,30)(H,24,25,27,28)/b23-10+. The summed E-state index contributed by atoms with van der Waals surface area (Å²) in [5.74, 6) is 0.105. The smallest absolute Gasteiger partial charge is 0.271 e. The van der Waals surface area contributed by atoms with Gasteiger partial charge in [0.2, 0.25) is 5.82 Å². The number of aromatic nitrogens is 4. The van der Waals surface area contributed by atoms with Crippen molar-refractivity contribution in [3.8, 4) is 27.6 Å². The second-order valence-electron chi connectivity index (χ2n) is 6.41. The lowest BCUT2D eigenvalue weighted by Crippen LogP contribution is -2.19. The van der Waals surface area contributed by atoms with Crippen LogP contribution in [0.4, 0.5) is 0 Å². The van der Waals surface area contributed by atoms with Gasteiger partial charge < -0.3 is 5.11 Å². The third-order valence-electron chi connectivity index (χ3n) is 4.41. The van der Waals surface area contributed by atoms with E-state index in [1.165, 1.54) is 11.3 Å². The molecule has 0 fully saturated rings. The van der Waals surface area contributed by atoms with E-state index in [4.69, 9.17) is 23.2 Å². The van der Waals surface area contributed by atoms with E-state index in [-0.39, 0.29) is 5.75 Å². The SMILES string of the molecule is C/C(=N\NC(=O)c1ccc(-c2nn[nH]n2)cc1)c1csc(-c2ccc(Cl)c(Cl)c2)c1O. The fourth-order valence-corrected chi connectivity index (χ4v) is 4.07. The van der Waals surface area contributed by atoms with Gasteiger partial charge in [-0.1, -0.05) is 41.4 Å². The minimum absolute atomic E-state index is 0.0587. The summed E-state index contributed by atoms with van der Waals surface area (Å²) in [6, 6.07) is 11.8. The van der Waals surface area contributed by atoms with Gasteiger partial charge in [-0.2, -0.15) is 10.3 Å². The van der Waals surface area contributed by atoms with Crippen LogP contribution in [-0.4, -0.2) is 37.3 Å². The number of aromatic hydroxyl groups is 1. The Morgan fingerprint density at radius 3 is 2.55 bits per heavy atom. The Morgan fingerprint density at radius 2 is 1.87 bits per heavy atom. The number of aromatic amines is 1. The largest absolute Gasteiger partial charge is 0.506 e. The number of carbonyl (C=O) groups is 1. The number of tetrazole rings is 1. The van der Waals surface area contributed by atoms with E-state index in [0.29, 0.717) is 37.6 Å². The molecule has 0 aliphatic carbocycles. The van der Waals surface area contributed by atoms with Crippen molar-refractivity contribution in [2.75, 3.05) is 0 Å². The van der Waals surface area contributed by atoms with Crippen LogP contribution >= 0.6 is 34.5 Å². The quantitative estimate of drug-likeness (QED) is 0.286. The molecule has 0 aliphatic rings. The van der Waals surface area contributed by atoms with Crippen LogP contribution in [0, 0.1) is 0 Å². The Bertz CT molecular complexity index is 1270. The van der Waals surface area contributed by atoms with Gasteiger partial charge in [0.25, 0.3) is 5.91 Å². The number of hydrogen-bond donors (Lipinski definition) is 3. The summed E-state index contributed by atoms with van der Waals surface area (Å²) in [4.78, 5) is 13.0. The zero-order chi connectivity index (χ0) is 22.0. The summed E-state index contributed by atoms with van der Waals surface area (Å²) in [5.41, 5.74) is 5.34. The molecule has 1 amide bonds. The number of nitrogens with zero attached hydrogens (tertiary/aromatic N) is 4. The number of amides is 1. The predicted molar refractivity (Wildman–Crippen MR) is 121 cm³/mol. The van der Waals surface area contributed by atoms with Crippen molar-refractivity contribution in [2.24, 2.45) is 5.10 Å². The van der Waals surface area contributed by atoms with E-state index >= 15 is 0 Å². The first-order chi connectivity index (χ1) is 14.9. The molecule has 0 atom stereocenters. The molecule has 2 aromatic carbocycles. The molecule has 0 spiro atoms. The number of hydrazone groups is 1. The minimum Gasteiger partial charge on any atom is -0.506 e. The second-order valence-corrected chi connectivity index (χ2v) is 8.10. The Hall–Kier alpha value is -3.27. The highest BCUT2D eigenvalue weighted by Gasteiger charge is 2.16. The first kappa shape index (κ1) is 21.0. The molecule has 0 saturated carbocycles. The van der Waals surface area contributed by atoms with Gasteiger partial charge in [0, 0.05) is 16.5 Å². The molecule has 4 aromatic rings. The number of nitrogens with one attached hydrogen (secondary N) is 2. The molecule has 0 radical (unpaired) electrons. The first-order valence-corrected chi connectivity index (χ1v) is 10.5. The van der Waals surface area contributed by atoms with E-state index < -0.39 is 5.91 Å². The van der Waals surface area contributed by atoms with Crippen LogP contribution in [0.15, 0.2) is 52.9 Å². The molecule has 2 aromatic heterocycles. The maximum absolute atomic E-state index is 12.4. The Labute approximate surface area is 190 Å². The van der Waals surface area contributed by atoms with Crippen molar-refractivity contribution in [2.45, 2.75) is 6.92 Å². The highest BCUT2D eigenvalue weighted by Crippen LogP contribution is 2.40. The van der Waals surface area contributed by atoms with Gasteiger partial charge in [-0.25, -0.2) is 5.43 Å². The van der Waals surface area contributed by atoms with Gasteiger partial charge in [0.15, 0.2) is 0 Å². The third kappa shape index (κ3) is 4.43. The molecule has 31 heavy (non-hydrogen) atoms. The lowest BCUT2D eigenvalue weighted by atomic mass is 10.1. The number of carbonyl (C=O) groups excluding carboxylic acids is 1. The van der Waals surface area contributed by atoms with Crippen molar-refractivity contribution in [1.29, 1.82) is 0 Å². The summed E-state index contributed by atoms with van der Waals surface area (Å²) in [6.45, 7) is 1.69. The average molecular weight is 473 g/mol. The van der Waals surface area contributed by atoms with Crippen molar-refractivity contribution in [3.05, 3.63) is 69.0 Å². The number of hydrogen-bond acceptors (Lipinski definition) is 7. The maximum atomic E-state index is 12.4. The van der Waals surface area contributed by atoms with E-state index in [0.717, 1.165) is 11.1 Å². The average Bonchev–Trinajstić information content (AvgIpc) is 3.44. The van der Waals surface area contributed by atoms with Gasteiger partial charge in [-0.3, -0.25) is 4.79 Å². The van der Waals surface area contributed by atoms with Crippen molar-refractivity contribution >= 4 is 46.2 Å². The fourth-order valence-electron chi connectivity index (χ4n) is 2.76. The first-order valence-electron chi connectivity index (χ1n) is 8.89. The Morgan fingerprint density at radius 1 is 1.13 bits per heavy atom. The number of H-pyrrole nitrogens is 1. The molecule has 8 nitrogen and oxygen atoms in total. The third-order valence-corrected chi connectivity index (χ3v) is 6.17. The molecule has 0 saturated heterocycles. The molecule has 2 heterocycles. The van der Waals surface area contributed by atoms with E-state index in [1.54, 1.807) is 54.8 Å². The number of halogens is 2. The van der Waals surface area contributed by atoms with Crippen LogP contribution < -0.4 is 5.43 Å². The highest BCUT2D eigenvalue weighted by molar-refractivity contribution is 7.14. The molecule has 156 valence electrons. The Balaban J connectivity index is 1.49. The number of thiophene rings is 1. The van der Waals surface area contributed by atoms with Crippen LogP contribution in [0.5, 0.6) is 5.75 Å². The van der Waals surface area contributed by atoms with Crippen LogP contribution in [0.1, 0.15) is 22.8 Å². The molecule has 0 unspecified atom stereocenters. The van der Waals surface area contributed by atoms with E-state index in [9.17, 15) is 9.90 Å². The zero-order valence-electron chi connectivity index (χ0n) is 15.9. The summed E-state index contributed by atoms with van der Waals surface area (Å²) in [7, 11) is 0. The predicted octanol–water partition coefficient (Wildman–Crippen LogP) is 4.76. The molecule has 0 aliphatic heterocycles. The number of benzene rings is 2. The molecule has 11 heteroatoms. The van der Waals surface area contributed by atoms with Crippen molar-refractivity contribution < 1.29 is 9.90 Å². The lowest BCUT2D eigenvalue weighted by Gasteiger charge is -2.04. The molecule has 3 N–H and O–H groups in total. The maximum Gasteiger partial charge on any atom is 0.271 e. The van der Waals surface area contributed by atoms with E-state index in [1.807, 2.05) is 0 Å². The summed E-state index contributed by atoms with van der Waals surface area (Å²) in [5, 5.41) is 31.0. The van der Waals surface area contributed by atoms with Gasteiger partial charge in [-0.15, -0.1) is 21.5 Å². The van der Waals surface area contributed by atoms with Crippen LogP contribution in [0.2, 0.25) is 10.0 Å². The van der Waals surface area contributed by atoms with Gasteiger partial charge in [0.05, 0.1) is 26.2 Å². The topological polar surface area (TPSA) is 116 Å². The Kier molecular flexibility index (Phi) is 5.99. The highest BCUT2D eigenvalue weighted by atomic mass is 35.5. The summed E-state index contributed by atoms with van der Waals surface area (Å²) < 4.78 is 0. The molecule has 4 rings (SSSR count). The fraction of sp³-hybridized carbons (Fsp3) is 0.0500.